The van der Waals surface area contributed by atoms with E-state index in [4.69, 9.17) is 0 Å². The molecule has 1 aliphatic carbocycles. The summed E-state index contributed by atoms with van der Waals surface area (Å²) >= 11 is 0. The van der Waals surface area contributed by atoms with Gasteiger partial charge >= 0.3 is 0 Å². The van der Waals surface area contributed by atoms with Crippen LogP contribution in [0.25, 0.3) is 0 Å². The van der Waals surface area contributed by atoms with Crippen LogP contribution in [0, 0.1) is 16.7 Å². The van der Waals surface area contributed by atoms with Gasteiger partial charge in [0, 0.05) is 12.6 Å². The van der Waals surface area contributed by atoms with Gasteiger partial charge in [-0.15, -0.1) is 0 Å². The Bertz CT molecular complexity index is 289. The Labute approximate surface area is 112 Å². The van der Waals surface area contributed by atoms with Gasteiger partial charge in [-0.25, -0.2) is 0 Å². The molecule has 0 amide bonds. The van der Waals surface area contributed by atoms with Gasteiger partial charge in [-0.3, -0.25) is 5.32 Å². The second-order valence-electron chi connectivity index (χ2n) is 6.13. The fourth-order valence-corrected chi connectivity index (χ4v) is 3.09. The first-order chi connectivity index (χ1) is 8.71. The van der Waals surface area contributed by atoms with E-state index >= 15 is 0 Å². The lowest BCUT2D eigenvalue weighted by atomic mass is 9.74. The third-order valence-electron chi connectivity index (χ3n) is 5.03. The van der Waals surface area contributed by atoms with Gasteiger partial charge in [0.15, 0.2) is 0 Å². The predicted molar refractivity (Wildman–Crippen MR) is 74.2 cm³/mol. The van der Waals surface area contributed by atoms with Gasteiger partial charge in [-0.2, -0.15) is 5.26 Å². The molecule has 1 atom stereocenters. The number of likely N-dealkylation sites (tertiary alicyclic amines) is 1. The van der Waals surface area contributed by atoms with E-state index in [0.29, 0.717) is 11.5 Å². The molecule has 3 nitrogen and oxygen atoms in total. The molecule has 3 heteroatoms. The first-order valence-electron chi connectivity index (χ1n) is 7.59. The highest BCUT2D eigenvalue weighted by Gasteiger charge is 2.32. The first kappa shape index (κ1) is 13.8. The quantitative estimate of drug-likeness (QED) is 0.786. The summed E-state index contributed by atoms with van der Waals surface area (Å²) in [5, 5.41) is 12.6. The molecular formula is C15H27N3. The van der Waals surface area contributed by atoms with Crippen LogP contribution in [0.5, 0.6) is 0 Å². The molecule has 0 radical (unpaired) electrons. The zero-order chi connectivity index (χ0) is 13.0. The lowest BCUT2D eigenvalue weighted by molar-refractivity contribution is 0.0921. The maximum Gasteiger partial charge on any atom is 0.108 e. The molecule has 102 valence electrons. The van der Waals surface area contributed by atoms with Crippen molar-refractivity contribution < 1.29 is 0 Å². The number of nitrogens with zero attached hydrogens (tertiary/aromatic N) is 2. The van der Waals surface area contributed by atoms with Crippen LogP contribution >= 0.6 is 0 Å². The summed E-state index contributed by atoms with van der Waals surface area (Å²) in [5.41, 5.74) is 0.586. The molecule has 1 heterocycles. The topological polar surface area (TPSA) is 39.1 Å². The Balaban J connectivity index is 1.76. The second-order valence-corrected chi connectivity index (χ2v) is 6.13. The lowest BCUT2D eigenvalue weighted by Crippen LogP contribution is -2.46. The van der Waals surface area contributed by atoms with E-state index in [0.717, 1.165) is 6.54 Å². The Hall–Kier alpha value is -0.590. The summed E-state index contributed by atoms with van der Waals surface area (Å²) in [5.74, 6) is 0. The Morgan fingerprint density at radius 2 is 1.89 bits per heavy atom. The number of rotatable bonds is 6. The highest BCUT2D eigenvalue weighted by molar-refractivity contribution is 4.98. The average Bonchev–Trinajstić information content (AvgIpc) is 3.23. The van der Waals surface area contributed by atoms with Gasteiger partial charge in [-0.05, 0) is 44.2 Å². The molecule has 18 heavy (non-hydrogen) atoms. The molecule has 1 saturated heterocycles. The van der Waals surface area contributed by atoms with E-state index in [-0.39, 0.29) is 6.04 Å². The summed E-state index contributed by atoms with van der Waals surface area (Å²) in [6.45, 7) is 7.91. The second kappa shape index (κ2) is 6.04. The van der Waals surface area contributed by atoms with Crippen molar-refractivity contribution in [3.05, 3.63) is 0 Å². The summed E-state index contributed by atoms with van der Waals surface area (Å²) in [6.07, 6.45) is 7.74. The molecule has 0 bridgehead atoms. The number of nitriles is 1. The van der Waals surface area contributed by atoms with Crippen LogP contribution in [-0.2, 0) is 0 Å². The van der Waals surface area contributed by atoms with Crippen LogP contribution in [-0.4, -0.2) is 36.6 Å². The molecular weight excluding hydrogens is 222 g/mol. The van der Waals surface area contributed by atoms with Crippen LogP contribution < -0.4 is 5.32 Å². The first-order valence-corrected chi connectivity index (χ1v) is 7.59. The van der Waals surface area contributed by atoms with Crippen molar-refractivity contribution in [1.29, 1.82) is 5.26 Å². The van der Waals surface area contributed by atoms with E-state index in [1.165, 1.54) is 51.6 Å². The molecule has 1 aliphatic heterocycles. The Morgan fingerprint density at radius 3 is 2.33 bits per heavy atom. The summed E-state index contributed by atoms with van der Waals surface area (Å²) in [7, 11) is 0. The largest absolute Gasteiger partial charge is 0.301 e. The highest BCUT2D eigenvalue weighted by Crippen LogP contribution is 2.37. The minimum absolute atomic E-state index is 0.0354. The minimum atomic E-state index is 0.0354. The van der Waals surface area contributed by atoms with Crippen LogP contribution in [0.15, 0.2) is 0 Å². The van der Waals surface area contributed by atoms with Gasteiger partial charge < -0.3 is 4.90 Å². The van der Waals surface area contributed by atoms with Gasteiger partial charge in [0.05, 0.1) is 6.07 Å². The van der Waals surface area contributed by atoms with E-state index in [1.54, 1.807) is 0 Å². The predicted octanol–water partition coefficient (Wildman–Crippen LogP) is 2.53. The molecule has 1 unspecified atom stereocenters. The Morgan fingerprint density at radius 1 is 1.28 bits per heavy atom. The number of hydrogen-bond acceptors (Lipinski definition) is 3. The zero-order valence-electron chi connectivity index (χ0n) is 11.9. The van der Waals surface area contributed by atoms with E-state index in [1.807, 2.05) is 0 Å². The van der Waals surface area contributed by atoms with Crippen molar-refractivity contribution in [1.82, 2.24) is 10.2 Å². The maximum atomic E-state index is 9.19. The van der Waals surface area contributed by atoms with Crippen LogP contribution in [0.1, 0.15) is 52.4 Å². The normalized spacial score (nSPS) is 25.6. The van der Waals surface area contributed by atoms with Crippen molar-refractivity contribution in [2.75, 3.05) is 19.6 Å². The van der Waals surface area contributed by atoms with E-state index in [9.17, 15) is 5.26 Å². The minimum Gasteiger partial charge on any atom is -0.301 e. The fraction of sp³-hybridized carbons (Fsp3) is 0.933. The molecule has 1 N–H and O–H groups in total. The molecule has 0 aromatic carbocycles. The van der Waals surface area contributed by atoms with Crippen LogP contribution in [0.3, 0.4) is 0 Å². The van der Waals surface area contributed by atoms with Crippen molar-refractivity contribution in [3.63, 3.8) is 0 Å². The van der Waals surface area contributed by atoms with Gasteiger partial charge in [0.1, 0.15) is 6.04 Å². The third kappa shape index (κ3) is 3.46. The van der Waals surface area contributed by atoms with Crippen molar-refractivity contribution in [3.8, 4) is 6.07 Å². The summed E-state index contributed by atoms with van der Waals surface area (Å²) < 4.78 is 0. The van der Waals surface area contributed by atoms with E-state index < -0.39 is 0 Å². The van der Waals surface area contributed by atoms with Crippen LogP contribution in [0.4, 0.5) is 0 Å². The monoisotopic (exact) mass is 249 g/mol. The van der Waals surface area contributed by atoms with Gasteiger partial charge in [0.2, 0.25) is 0 Å². The fourth-order valence-electron chi connectivity index (χ4n) is 3.09. The van der Waals surface area contributed by atoms with Crippen LogP contribution in [0.2, 0.25) is 0 Å². The summed E-state index contributed by atoms with van der Waals surface area (Å²) in [4.78, 5) is 2.48. The van der Waals surface area contributed by atoms with Crippen molar-refractivity contribution >= 4 is 0 Å². The Kier molecular flexibility index (Phi) is 4.64. The zero-order valence-corrected chi connectivity index (χ0v) is 11.9. The van der Waals surface area contributed by atoms with Gasteiger partial charge in [-0.1, -0.05) is 26.7 Å². The molecule has 2 aliphatic rings. The number of hydrogen-bond donors (Lipinski definition) is 1. The molecule has 2 fully saturated rings. The standard InChI is InChI=1S/C15H27N3/c1-3-15(4-2)7-9-18(10-8-15)12-14(11-16)17-13-5-6-13/h13-14,17H,3-10,12H2,1-2H3. The molecule has 1 saturated carbocycles. The SMILES string of the molecule is CCC1(CC)CCN(CC(C#N)NC2CC2)CC1. The summed E-state index contributed by atoms with van der Waals surface area (Å²) in [6, 6.07) is 3.08. The lowest BCUT2D eigenvalue weighted by Gasteiger charge is -2.41. The van der Waals surface area contributed by atoms with Gasteiger partial charge in [0.25, 0.3) is 0 Å². The average molecular weight is 249 g/mol. The number of nitrogens with one attached hydrogen (secondary N) is 1. The van der Waals surface area contributed by atoms with Crippen molar-refractivity contribution in [2.24, 2.45) is 5.41 Å². The molecule has 2 rings (SSSR count). The molecule has 0 spiro atoms. The molecule has 0 aromatic heterocycles. The smallest absolute Gasteiger partial charge is 0.108 e. The van der Waals surface area contributed by atoms with Crippen molar-refractivity contribution in [2.45, 2.75) is 64.5 Å². The number of piperidine rings is 1. The molecule has 0 aromatic rings. The maximum absolute atomic E-state index is 9.19. The van der Waals surface area contributed by atoms with E-state index in [2.05, 4.69) is 30.1 Å². The third-order valence-corrected chi connectivity index (χ3v) is 5.03. The highest BCUT2D eigenvalue weighted by atomic mass is 15.2.